The molecule has 1 fully saturated rings. The highest BCUT2D eigenvalue weighted by Crippen LogP contribution is 2.47. The van der Waals surface area contributed by atoms with E-state index in [0.29, 0.717) is 24.4 Å². The fourth-order valence-electron chi connectivity index (χ4n) is 2.47. The normalized spacial score (nSPS) is 21.6. The number of hydrogen-bond acceptors (Lipinski definition) is 2. The van der Waals surface area contributed by atoms with Gasteiger partial charge in [0, 0.05) is 17.5 Å². The topological polar surface area (TPSA) is 49.3 Å². The minimum absolute atomic E-state index is 0.0198. The van der Waals surface area contributed by atoms with E-state index in [1.807, 2.05) is 38.1 Å². The summed E-state index contributed by atoms with van der Waals surface area (Å²) in [6, 6.07) is 7.69. The van der Waals surface area contributed by atoms with Gasteiger partial charge < -0.3 is 10.4 Å². The number of carbonyl (C=O) groups is 1. The van der Waals surface area contributed by atoms with Crippen molar-refractivity contribution < 1.29 is 9.90 Å². The molecule has 1 amide bonds. The van der Waals surface area contributed by atoms with Crippen molar-refractivity contribution in [1.29, 1.82) is 0 Å². The maximum Gasteiger partial charge on any atom is 0.223 e. The van der Waals surface area contributed by atoms with E-state index < -0.39 is 5.60 Å². The second-order valence-electron chi connectivity index (χ2n) is 5.65. The molecule has 2 atom stereocenters. The SMILES string of the molecule is CCC(O)(CC)CNC(=O)C1CC1c1cccc(Cl)c1. The van der Waals surface area contributed by atoms with Crippen LogP contribution in [-0.2, 0) is 4.79 Å². The first kappa shape index (κ1) is 15.3. The van der Waals surface area contributed by atoms with E-state index >= 15 is 0 Å². The van der Waals surface area contributed by atoms with Crippen molar-refractivity contribution in [3.8, 4) is 0 Å². The van der Waals surface area contributed by atoms with Crippen LogP contribution < -0.4 is 5.32 Å². The quantitative estimate of drug-likeness (QED) is 0.847. The van der Waals surface area contributed by atoms with Crippen LogP contribution in [0.4, 0.5) is 0 Å². The first-order valence-electron chi connectivity index (χ1n) is 7.24. The van der Waals surface area contributed by atoms with Crippen LogP contribution in [0.3, 0.4) is 0 Å². The number of rotatable bonds is 6. The Morgan fingerprint density at radius 2 is 2.15 bits per heavy atom. The minimum atomic E-state index is -0.782. The van der Waals surface area contributed by atoms with Crippen molar-refractivity contribution >= 4 is 17.5 Å². The molecule has 0 aromatic heterocycles. The molecule has 2 unspecified atom stereocenters. The molecule has 110 valence electrons. The zero-order chi connectivity index (χ0) is 14.8. The van der Waals surface area contributed by atoms with Gasteiger partial charge in [-0.1, -0.05) is 37.6 Å². The van der Waals surface area contributed by atoms with Crippen LogP contribution in [0.5, 0.6) is 0 Å². The largest absolute Gasteiger partial charge is 0.388 e. The predicted octanol–water partition coefficient (Wildman–Crippen LogP) is 3.11. The Bertz CT molecular complexity index is 485. The molecule has 0 saturated heterocycles. The molecule has 0 aliphatic heterocycles. The van der Waals surface area contributed by atoms with Gasteiger partial charge in [0.2, 0.25) is 5.91 Å². The zero-order valence-electron chi connectivity index (χ0n) is 12.0. The lowest BCUT2D eigenvalue weighted by atomic mass is 9.97. The fourth-order valence-corrected chi connectivity index (χ4v) is 2.67. The zero-order valence-corrected chi connectivity index (χ0v) is 12.8. The molecule has 2 N–H and O–H groups in total. The molecule has 1 aliphatic rings. The third-order valence-corrected chi connectivity index (χ3v) is 4.55. The Labute approximate surface area is 125 Å². The summed E-state index contributed by atoms with van der Waals surface area (Å²) in [5.74, 6) is 0.326. The number of amides is 1. The minimum Gasteiger partial charge on any atom is -0.388 e. The number of carbonyl (C=O) groups excluding carboxylic acids is 1. The van der Waals surface area contributed by atoms with Crippen LogP contribution >= 0.6 is 11.6 Å². The van der Waals surface area contributed by atoms with Gasteiger partial charge in [-0.05, 0) is 42.9 Å². The monoisotopic (exact) mass is 295 g/mol. The van der Waals surface area contributed by atoms with Gasteiger partial charge in [-0.15, -0.1) is 0 Å². The molecule has 1 aromatic carbocycles. The van der Waals surface area contributed by atoms with Gasteiger partial charge in [-0.25, -0.2) is 0 Å². The molecule has 20 heavy (non-hydrogen) atoms. The Morgan fingerprint density at radius 3 is 2.75 bits per heavy atom. The molecular formula is C16H22ClNO2. The van der Waals surface area contributed by atoms with E-state index in [1.165, 1.54) is 0 Å². The lowest BCUT2D eigenvalue weighted by molar-refractivity contribution is -0.123. The summed E-state index contributed by atoms with van der Waals surface area (Å²) in [5.41, 5.74) is 0.342. The van der Waals surface area contributed by atoms with Crippen LogP contribution in [0.15, 0.2) is 24.3 Å². The number of nitrogens with one attached hydrogen (secondary N) is 1. The van der Waals surface area contributed by atoms with Gasteiger partial charge in [0.05, 0.1) is 5.60 Å². The lowest BCUT2D eigenvalue weighted by Crippen LogP contribution is -2.42. The highest BCUT2D eigenvalue weighted by atomic mass is 35.5. The van der Waals surface area contributed by atoms with Crippen molar-refractivity contribution in [2.24, 2.45) is 5.92 Å². The highest BCUT2D eigenvalue weighted by Gasteiger charge is 2.44. The molecule has 0 bridgehead atoms. The average molecular weight is 296 g/mol. The third-order valence-electron chi connectivity index (χ3n) is 4.31. The smallest absolute Gasteiger partial charge is 0.223 e. The van der Waals surface area contributed by atoms with Crippen molar-refractivity contribution in [3.05, 3.63) is 34.9 Å². The van der Waals surface area contributed by atoms with Gasteiger partial charge in [-0.2, -0.15) is 0 Å². The Kier molecular flexibility index (Phi) is 4.71. The Morgan fingerprint density at radius 1 is 1.45 bits per heavy atom. The maximum absolute atomic E-state index is 12.1. The number of hydrogen-bond donors (Lipinski definition) is 2. The number of benzene rings is 1. The van der Waals surface area contributed by atoms with Gasteiger partial charge in [0.1, 0.15) is 0 Å². The maximum atomic E-state index is 12.1. The molecule has 0 heterocycles. The van der Waals surface area contributed by atoms with Crippen LogP contribution in [0.1, 0.15) is 44.6 Å². The predicted molar refractivity (Wildman–Crippen MR) is 80.8 cm³/mol. The third kappa shape index (κ3) is 3.53. The van der Waals surface area contributed by atoms with Crippen molar-refractivity contribution in [1.82, 2.24) is 5.32 Å². The van der Waals surface area contributed by atoms with E-state index in [2.05, 4.69) is 5.32 Å². The van der Waals surface area contributed by atoms with E-state index in [4.69, 9.17) is 11.6 Å². The molecule has 2 rings (SSSR count). The standard InChI is InChI=1S/C16H22ClNO2/c1-3-16(20,4-2)10-18-15(19)14-9-13(14)11-6-5-7-12(17)8-11/h5-8,13-14,20H,3-4,9-10H2,1-2H3,(H,18,19). The summed E-state index contributed by atoms with van der Waals surface area (Å²) in [6.45, 7) is 4.20. The summed E-state index contributed by atoms with van der Waals surface area (Å²) in [6.07, 6.45) is 2.15. The van der Waals surface area contributed by atoms with Gasteiger partial charge >= 0.3 is 0 Å². The summed E-state index contributed by atoms with van der Waals surface area (Å²) >= 11 is 5.97. The van der Waals surface area contributed by atoms with E-state index in [-0.39, 0.29) is 17.7 Å². The molecular weight excluding hydrogens is 274 g/mol. The van der Waals surface area contributed by atoms with Gasteiger partial charge in [0.15, 0.2) is 0 Å². The molecule has 1 aliphatic carbocycles. The van der Waals surface area contributed by atoms with Crippen LogP contribution in [0.25, 0.3) is 0 Å². The second kappa shape index (κ2) is 6.15. The number of aliphatic hydroxyl groups is 1. The van der Waals surface area contributed by atoms with Gasteiger partial charge in [-0.3, -0.25) is 4.79 Å². The van der Waals surface area contributed by atoms with Crippen molar-refractivity contribution in [2.45, 2.75) is 44.6 Å². The first-order chi connectivity index (χ1) is 9.49. The number of halogens is 1. The summed E-state index contributed by atoms with van der Waals surface area (Å²) in [5, 5.41) is 13.8. The fraction of sp³-hybridized carbons (Fsp3) is 0.562. The first-order valence-corrected chi connectivity index (χ1v) is 7.62. The van der Waals surface area contributed by atoms with Crippen LogP contribution in [0, 0.1) is 5.92 Å². The average Bonchev–Trinajstić information content (AvgIpc) is 3.25. The van der Waals surface area contributed by atoms with E-state index in [9.17, 15) is 9.90 Å². The van der Waals surface area contributed by atoms with E-state index in [0.717, 1.165) is 12.0 Å². The van der Waals surface area contributed by atoms with Crippen LogP contribution in [0.2, 0.25) is 5.02 Å². The van der Waals surface area contributed by atoms with Crippen molar-refractivity contribution in [2.75, 3.05) is 6.54 Å². The Hall–Kier alpha value is -1.06. The molecule has 0 radical (unpaired) electrons. The molecule has 1 aromatic rings. The van der Waals surface area contributed by atoms with Crippen molar-refractivity contribution in [3.63, 3.8) is 0 Å². The van der Waals surface area contributed by atoms with E-state index in [1.54, 1.807) is 0 Å². The summed E-state index contributed by atoms with van der Waals surface area (Å²) in [7, 11) is 0. The Balaban J connectivity index is 1.87. The molecule has 3 nitrogen and oxygen atoms in total. The molecule has 0 spiro atoms. The van der Waals surface area contributed by atoms with Gasteiger partial charge in [0.25, 0.3) is 0 Å². The molecule has 1 saturated carbocycles. The highest BCUT2D eigenvalue weighted by molar-refractivity contribution is 6.30. The summed E-state index contributed by atoms with van der Waals surface area (Å²) in [4.78, 5) is 12.1. The lowest BCUT2D eigenvalue weighted by Gasteiger charge is -2.25. The second-order valence-corrected chi connectivity index (χ2v) is 6.09. The molecule has 4 heteroatoms. The van der Waals surface area contributed by atoms with Crippen LogP contribution in [-0.4, -0.2) is 23.2 Å². The summed E-state index contributed by atoms with van der Waals surface area (Å²) < 4.78 is 0.